The van der Waals surface area contributed by atoms with Gasteiger partial charge >= 0.3 is 0 Å². The van der Waals surface area contributed by atoms with Crippen LogP contribution in [0, 0.1) is 15.9 Å². The van der Waals surface area contributed by atoms with Gasteiger partial charge in [-0.25, -0.2) is 12.8 Å². The van der Waals surface area contributed by atoms with E-state index in [1.807, 2.05) is 13.8 Å². The first-order valence-electron chi connectivity index (χ1n) is 6.39. The minimum atomic E-state index is -3.69. The molecule has 0 saturated heterocycles. The number of sulfonamides is 1. The maximum atomic E-state index is 13.6. The van der Waals surface area contributed by atoms with Gasteiger partial charge in [-0.3, -0.25) is 14.8 Å². The number of nitro groups is 1. The second-order valence-electron chi connectivity index (χ2n) is 4.80. The summed E-state index contributed by atoms with van der Waals surface area (Å²) in [5.41, 5.74) is -0.728. The SMILES string of the molecule is CC(C)NCCCS(=O)(=O)Nc1ccc([N+](=O)[O-])cc1F. The number of nitrogens with one attached hydrogen (secondary N) is 2. The lowest BCUT2D eigenvalue weighted by molar-refractivity contribution is -0.385. The molecular weight excluding hydrogens is 301 g/mol. The zero-order valence-electron chi connectivity index (χ0n) is 11.8. The Morgan fingerprint density at radius 2 is 2.05 bits per heavy atom. The molecule has 21 heavy (non-hydrogen) atoms. The molecule has 1 rings (SSSR count). The number of rotatable bonds is 8. The highest BCUT2D eigenvalue weighted by Crippen LogP contribution is 2.21. The molecule has 0 saturated carbocycles. The standard InChI is InChI=1S/C12H18FN3O4S/c1-9(2)14-6-3-7-21(19,20)15-12-5-4-10(16(17)18)8-11(12)13/h4-5,8-9,14-15H,3,6-7H2,1-2H3. The number of nitrogens with zero attached hydrogens (tertiary/aromatic N) is 1. The van der Waals surface area contributed by atoms with Crippen molar-refractivity contribution in [2.45, 2.75) is 26.3 Å². The first-order chi connectivity index (χ1) is 9.71. The van der Waals surface area contributed by atoms with Crippen LogP contribution in [0.1, 0.15) is 20.3 Å². The molecule has 0 aliphatic heterocycles. The van der Waals surface area contributed by atoms with E-state index >= 15 is 0 Å². The molecule has 0 aromatic heterocycles. The smallest absolute Gasteiger partial charge is 0.272 e. The number of hydrogen-bond donors (Lipinski definition) is 2. The van der Waals surface area contributed by atoms with Crippen LogP contribution in [0.25, 0.3) is 0 Å². The van der Waals surface area contributed by atoms with Crippen LogP contribution in [-0.4, -0.2) is 31.7 Å². The van der Waals surface area contributed by atoms with E-state index in [0.717, 1.165) is 12.1 Å². The average Bonchev–Trinajstić information content (AvgIpc) is 2.36. The van der Waals surface area contributed by atoms with Gasteiger partial charge in [-0.15, -0.1) is 0 Å². The third kappa shape index (κ3) is 6.05. The normalized spacial score (nSPS) is 11.6. The van der Waals surface area contributed by atoms with Crippen molar-refractivity contribution in [1.29, 1.82) is 0 Å². The van der Waals surface area contributed by atoms with Gasteiger partial charge in [-0.2, -0.15) is 0 Å². The van der Waals surface area contributed by atoms with Crippen LogP contribution < -0.4 is 10.0 Å². The minimum absolute atomic E-state index is 0.164. The van der Waals surface area contributed by atoms with E-state index in [1.165, 1.54) is 0 Å². The van der Waals surface area contributed by atoms with Crippen molar-refractivity contribution < 1.29 is 17.7 Å². The van der Waals surface area contributed by atoms with Crippen LogP contribution in [0.2, 0.25) is 0 Å². The van der Waals surface area contributed by atoms with Crippen molar-refractivity contribution in [3.05, 3.63) is 34.1 Å². The lowest BCUT2D eigenvalue weighted by Gasteiger charge is -2.10. The molecular formula is C12H18FN3O4S. The molecule has 0 fully saturated rings. The van der Waals surface area contributed by atoms with Gasteiger partial charge in [0.05, 0.1) is 22.4 Å². The summed E-state index contributed by atoms with van der Waals surface area (Å²) in [6, 6.07) is 3.02. The molecule has 0 amide bonds. The fourth-order valence-corrected chi connectivity index (χ4v) is 2.70. The van der Waals surface area contributed by atoms with E-state index in [1.54, 1.807) is 0 Å². The second kappa shape index (κ2) is 7.32. The van der Waals surface area contributed by atoms with Crippen LogP contribution >= 0.6 is 0 Å². The predicted molar refractivity (Wildman–Crippen MR) is 78.2 cm³/mol. The maximum Gasteiger partial charge on any atom is 0.272 e. The first kappa shape index (κ1) is 17.3. The van der Waals surface area contributed by atoms with Gasteiger partial charge in [-0.05, 0) is 19.0 Å². The summed E-state index contributed by atoms with van der Waals surface area (Å²) < 4.78 is 39.2. The molecule has 0 radical (unpaired) electrons. The summed E-state index contributed by atoms with van der Waals surface area (Å²) in [4.78, 5) is 9.72. The lowest BCUT2D eigenvalue weighted by atomic mass is 10.3. The van der Waals surface area contributed by atoms with Crippen LogP contribution in [-0.2, 0) is 10.0 Å². The average molecular weight is 319 g/mol. The highest BCUT2D eigenvalue weighted by molar-refractivity contribution is 7.92. The summed E-state index contributed by atoms with van der Waals surface area (Å²) in [6.45, 7) is 4.42. The van der Waals surface area contributed by atoms with E-state index < -0.39 is 26.5 Å². The zero-order valence-corrected chi connectivity index (χ0v) is 12.6. The number of benzene rings is 1. The van der Waals surface area contributed by atoms with Crippen molar-refractivity contribution in [2.24, 2.45) is 0 Å². The van der Waals surface area contributed by atoms with Crippen molar-refractivity contribution in [3.63, 3.8) is 0 Å². The third-order valence-electron chi connectivity index (χ3n) is 2.57. The quantitative estimate of drug-likeness (QED) is 0.433. The molecule has 0 heterocycles. The number of anilines is 1. The van der Waals surface area contributed by atoms with Crippen molar-refractivity contribution in [2.75, 3.05) is 17.0 Å². The summed E-state index contributed by atoms with van der Waals surface area (Å²) in [5.74, 6) is -1.14. The molecule has 7 nitrogen and oxygen atoms in total. The van der Waals surface area contributed by atoms with Crippen LogP contribution in [0.3, 0.4) is 0 Å². The molecule has 0 aliphatic rings. The number of halogens is 1. The minimum Gasteiger partial charge on any atom is -0.314 e. The molecule has 1 aromatic carbocycles. The molecule has 0 aliphatic carbocycles. The van der Waals surface area contributed by atoms with E-state index in [0.29, 0.717) is 19.0 Å². The van der Waals surface area contributed by atoms with Crippen LogP contribution in [0.5, 0.6) is 0 Å². The van der Waals surface area contributed by atoms with Gasteiger partial charge in [0.2, 0.25) is 10.0 Å². The van der Waals surface area contributed by atoms with Crippen LogP contribution in [0.15, 0.2) is 18.2 Å². The van der Waals surface area contributed by atoms with Crippen molar-refractivity contribution >= 4 is 21.4 Å². The third-order valence-corrected chi connectivity index (χ3v) is 3.93. The molecule has 0 spiro atoms. The van der Waals surface area contributed by atoms with E-state index in [-0.39, 0.29) is 17.5 Å². The second-order valence-corrected chi connectivity index (χ2v) is 6.65. The van der Waals surface area contributed by atoms with Gasteiger partial charge < -0.3 is 5.32 Å². The zero-order chi connectivity index (χ0) is 16.0. The lowest BCUT2D eigenvalue weighted by Crippen LogP contribution is -2.26. The molecule has 9 heteroatoms. The summed E-state index contributed by atoms with van der Waals surface area (Å²) in [7, 11) is -3.69. The topological polar surface area (TPSA) is 101 Å². The summed E-state index contributed by atoms with van der Waals surface area (Å²) in [6.07, 6.45) is 0.377. The highest BCUT2D eigenvalue weighted by atomic mass is 32.2. The van der Waals surface area contributed by atoms with Crippen molar-refractivity contribution in [3.8, 4) is 0 Å². The monoisotopic (exact) mass is 319 g/mol. The Kier molecular flexibility index (Phi) is 6.03. The summed E-state index contributed by atoms with van der Waals surface area (Å²) in [5, 5.41) is 13.5. The molecule has 0 bridgehead atoms. The highest BCUT2D eigenvalue weighted by Gasteiger charge is 2.16. The van der Waals surface area contributed by atoms with Crippen LogP contribution in [0.4, 0.5) is 15.8 Å². The predicted octanol–water partition coefficient (Wildman–Crippen LogP) is 1.86. The van der Waals surface area contributed by atoms with E-state index in [9.17, 15) is 22.9 Å². The maximum absolute atomic E-state index is 13.6. The Balaban J connectivity index is 2.65. The molecule has 2 N–H and O–H groups in total. The largest absolute Gasteiger partial charge is 0.314 e. The number of hydrogen-bond acceptors (Lipinski definition) is 5. The summed E-state index contributed by atoms with van der Waals surface area (Å²) >= 11 is 0. The Bertz CT molecular complexity index is 605. The Hall–Kier alpha value is -1.74. The van der Waals surface area contributed by atoms with Gasteiger partial charge in [0.1, 0.15) is 0 Å². The Morgan fingerprint density at radius 1 is 1.38 bits per heavy atom. The van der Waals surface area contributed by atoms with Gasteiger partial charge in [0.25, 0.3) is 5.69 Å². The van der Waals surface area contributed by atoms with Gasteiger partial charge in [0, 0.05) is 12.1 Å². The van der Waals surface area contributed by atoms with E-state index in [4.69, 9.17) is 0 Å². The fourth-order valence-electron chi connectivity index (χ4n) is 1.57. The fraction of sp³-hybridized carbons (Fsp3) is 0.500. The molecule has 0 atom stereocenters. The molecule has 1 aromatic rings. The number of nitro benzene ring substituents is 1. The molecule has 0 unspecified atom stereocenters. The van der Waals surface area contributed by atoms with Gasteiger partial charge in [-0.1, -0.05) is 13.8 Å². The van der Waals surface area contributed by atoms with Crippen molar-refractivity contribution in [1.82, 2.24) is 5.32 Å². The Morgan fingerprint density at radius 3 is 2.57 bits per heavy atom. The van der Waals surface area contributed by atoms with E-state index in [2.05, 4.69) is 10.0 Å². The number of non-ortho nitro benzene ring substituents is 1. The Labute approximate surface area is 122 Å². The molecule has 118 valence electrons. The first-order valence-corrected chi connectivity index (χ1v) is 8.04. The van der Waals surface area contributed by atoms with Gasteiger partial charge in [0.15, 0.2) is 5.82 Å².